The highest BCUT2D eigenvalue weighted by molar-refractivity contribution is 8.04. The van der Waals surface area contributed by atoms with Gasteiger partial charge in [-0.3, -0.25) is 19.3 Å². The highest BCUT2D eigenvalue weighted by atomic mass is 32.2. The lowest BCUT2D eigenvalue weighted by Crippen LogP contribution is -2.43. The summed E-state index contributed by atoms with van der Waals surface area (Å²) in [4.78, 5) is 37.5. The van der Waals surface area contributed by atoms with Crippen molar-refractivity contribution in [3.8, 4) is 0 Å². The average molecular weight is 326 g/mol. The van der Waals surface area contributed by atoms with E-state index in [0.29, 0.717) is 10.9 Å². The summed E-state index contributed by atoms with van der Waals surface area (Å²) in [6.07, 6.45) is 1.48. The Kier molecular flexibility index (Phi) is 6.23. The first-order chi connectivity index (χ1) is 10.0. The summed E-state index contributed by atoms with van der Waals surface area (Å²) in [6.45, 7) is 11.4. The lowest BCUT2D eigenvalue weighted by atomic mass is 9.91. The Morgan fingerprint density at radius 1 is 1.32 bits per heavy atom. The van der Waals surface area contributed by atoms with Gasteiger partial charge < -0.3 is 5.32 Å². The minimum atomic E-state index is -0.501. The van der Waals surface area contributed by atoms with Crippen LogP contribution in [0, 0.1) is 11.3 Å². The van der Waals surface area contributed by atoms with E-state index in [1.165, 1.54) is 22.7 Å². The van der Waals surface area contributed by atoms with Gasteiger partial charge in [-0.15, -0.1) is 0 Å². The molecular formula is C16H26N2O3S. The smallest absolute Gasteiger partial charge is 0.240 e. The summed E-state index contributed by atoms with van der Waals surface area (Å²) in [5.74, 6) is 0.211. The number of hydrogen-bond acceptors (Lipinski definition) is 4. The molecule has 1 rings (SSSR count). The van der Waals surface area contributed by atoms with E-state index in [-0.39, 0.29) is 35.9 Å². The maximum absolute atomic E-state index is 12.1. The van der Waals surface area contributed by atoms with Gasteiger partial charge in [0.15, 0.2) is 5.78 Å². The van der Waals surface area contributed by atoms with Gasteiger partial charge in [0, 0.05) is 17.5 Å². The van der Waals surface area contributed by atoms with E-state index in [1.807, 2.05) is 41.5 Å². The third-order valence-electron chi connectivity index (χ3n) is 3.59. The minimum Gasteiger partial charge on any atom is -0.352 e. The zero-order valence-corrected chi connectivity index (χ0v) is 15.0. The van der Waals surface area contributed by atoms with Crippen LogP contribution in [0.2, 0.25) is 0 Å². The van der Waals surface area contributed by atoms with E-state index in [0.717, 1.165) is 0 Å². The molecule has 22 heavy (non-hydrogen) atoms. The highest BCUT2D eigenvalue weighted by Gasteiger charge is 2.31. The summed E-state index contributed by atoms with van der Waals surface area (Å²) in [5.41, 5.74) is -0.501. The Bertz CT molecular complexity index is 492. The molecule has 0 saturated carbocycles. The monoisotopic (exact) mass is 326 g/mol. The zero-order valence-electron chi connectivity index (χ0n) is 14.2. The van der Waals surface area contributed by atoms with Crippen LogP contribution in [0.3, 0.4) is 0 Å². The third kappa shape index (κ3) is 5.16. The van der Waals surface area contributed by atoms with Gasteiger partial charge in [-0.2, -0.15) is 0 Å². The second-order valence-corrected chi connectivity index (χ2v) is 7.96. The van der Waals surface area contributed by atoms with Crippen LogP contribution in [-0.2, 0) is 14.4 Å². The first kappa shape index (κ1) is 18.7. The molecule has 0 spiro atoms. The van der Waals surface area contributed by atoms with Crippen molar-refractivity contribution < 1.29 is 14.4 Å². The Balaban J connectivity index is 2.78. The zero-order chi connectivity index (χ0) is 17.1. The minimum absolute atomic E-state index is 0.0356. The van der Waals surface area contributed by atoms with Gasteiger partial charge in [0.2, 0.25) is 11.8 Å². The number of nitrogens with zero attached hydrogens (tertiary/aromatic N) is 1. The number of nitrogens with one attached hydrogen (secondary N) is 1. The van der Waals surface area contributed by atoms with E-state index < -0.39 is 5.41 Å². The van der Waals surface area contributed by atoms with Gasteiger partial charge in [-0.05, 0) is 12.8 Å². The van der Waals surface area contributed by atoms with Crippen LogP contribution in [0.25, 0.3) is 0 Å². The van der Waals surface area contributed by atoms with E-state index in [1.54, 1.807) is 0 Å². The second-order valence-electron chi connectivity index (χ2n) is 6.97. The van der Waals surface area contributed by atoms with Crippen LogP contribution in [-0.4, -0.2) is 40.8 Å². The lowest BCUT2D eigenvalue weighted by molar-refractivity contribution is -0.131. The van der Waals surface area contributed by atoms with Crippen LogP contribution < -0.4 is 5.32 Å². The molecule has 5 nitrogen and oxygen atoms in total. The Morgan fingerprint density at radius 2 is 1.91 bits per heavy atom. The maximum Gasteiger partial charge on any atom is 0.240 e. The molecule has 0 unspecified atom stereocenters. The molecule has 0 aliphatic carbocycles. The molecule has 6 heteroatoms. The number of thioether (sulfide) groups is 1. The maximum atomic E-state index is 12.1. The van der Waals surface area contributed by atoms with Gasteiger partial charge in [0.05, 0.1) is 10.8 Å². The van der Waals surface area contributed by atoms with Crippen molar-refractivity contribution >= 4 is 29.4 Å². The first-order valence-electron chi connectivity index (χ1n) is 7.51. The summed E-state index contributed by atoms with van der Waals surface area (Å²) >= 11 is 1.31. The molecule has 1 fully saturated rings. The molecule has 0 aromatic rings. The molecule has 1 aliphatic heterocycles. The summed E-state index contributed by atoms with van der Waals surface area (Å²) in [5, 5.41) is 3.44. The van der Waals surface area contributed by atoms with Crippen molar-refractivity contribution in [2.75, 3.05) is 12.3 Å². The van der Waals surface area contributed by atoms with Crippen molar-refractivity contribution in [1.82, 2.24) is 10.2 Å². The quantitative estimate of drug-likeness (QED) is 0.786. The van der Waals surface area contributed by atoms with Gasteiger partial charge >= 0.3 is 0 Å². The van der Waals surface area contributed by atoms with Crippen molar-refractivity contribution in [3.05, 3.63) is 11.1 Å². The molecule has 0 aromatic carbocycles. The first-order valence-corrected chi connectivity index (χ1v) is 8.49. The fourth-order valence-corrected chi connectivity index (χ4v) is 2.58. The Morgan fingerprint density at radius 3 is 2.41 bits per heavy atom. The Labute approximate surface area is 136 Å². The van der Waals surface area contributed by atoms with E-state index in [2.05, 4.69) is 5.32 Å². The molecule has 0 bridgehead atoms. The summed E-state index contributed by atoms with van der Waals surface area (Å²) in [6, 6.07) is 0.0431. The number of carbonyl (C=O) groups excluding carboxylic acids is 3. The molecule has 1 aliphatic rings. The number of rotatable bonds is 5. The fraction of sp³-hybridized carbons (Fsp3) is 0.688. The molecule has 1 N–H and O–H groups in total. The van der Waals surface area contributed by atoms with E-state index in [4.69, 9.17) is 0 Å². The van der Waals surface area contributed by atoms with E-state index >= 15 is 0 Å². The van der Waals surface area contributed by atoms with Crippen molar-refractivity contribution in [2.45, 2.75) is 47.6 Å². The van der Waals surface area contributed by atoms with Gasteiger partial charge in [-0.25, -0.2) is 0 Å². The molecule has 124 valence electrons. The number of ketones is 1. The number of carbonyl (C=O) groups is 3. The number of amides is 2. The lowest BCUT2D eigenvalue weighted by Gasteiger charge is -2.22. The third-order valence-corrected chi connectivity index (χ3v) is 4.62. The topological polar surface area (TPSA) is 66.5 Å². The molecule has 0 aromatic heterocycles. The van der Waals surface area contributed by atoms with Crippen LogP contribution in [0.5, 0.6) is 0 Å². The predicted octanol–water partition coefficient (Wildman–Crippen LogP) is 2.18. The summed E-state index contributed by atoms with van der Waals surface area (Å²) < 4.78 is 0. The SMILES string of the molecule is CC(C)[C@@H](C)NC(=O)CN1C(=O)CS/C1=C\C(=O)C(C)(C)C. The van der Waals surface area contributed by atoms with Gasteiger partial charge in [0.1, 0.15) is 6.54 Å². The molecule has 1 heterocycles. The normalized spacial score (nSPS) is 19.0. The van der Waals surface area contributed by atoms with Crippen LogP contribution in [0.1, 0.15) is 41.5 Å². The predicted molar refractivity (Wildman–Crippen MR) is 89.2 cm³/mol. The van der Waals surface area contributed by atoms with Gasteiger partial charge in [0.25, 0.3) is 0 Å². The van der Waals surface area contributed by atoms with Gasteiger partial charge in [-0.1, -0.05) is 46.4 Å². The largest absolute Gasteiger partial charge is 0.352 e. The van der Waals surface area contributed by atoms with Crippen LogP contribution in [0.4, 0.5) is 0 Å². The Hall–Kier alpha value is -1.30. The molecule has 0 radical (unpaired) electrons. The van der Waals surface area contributed by atoms with Crippen molar-refractivity contribution in [2.24, 2.45) is 11.3 Å². The second kappa shape index (κ2) is 7.31. The number of allylic oxidation sites excluding steroid dienone is 1. The molecule has 1 saturated heterocycles. The van der Waals surface area contributed by atoms with Crippen molar-refractivity contribution in [1.29, 1.82) is 0 Å². The molecular weight excluding hydrogens is 300 g/mol. The standard InChI is InChI=1S/C16H26N2O3S/c1-10(2)11(3)17-13(20)8-18-14(21)9-22-15(18)7-12(19)16(4,5)6/h7,10-11H,8-9H2,1-6H3,(H,17,20)/b15-7-/t11-/m1/s1. The number of hydrogen-bond donors (Lipinski definition) is 1. The average Bonchev–Trinajstić information content (AvgIpc) is 2.70. The fourth-order valence-electron chi connectivity index (χ4n) is 1.64. The summed E-state index contributed by atoms with van der Waals surface area (Å²) in [7, 11) is 0. The molecule has 2 amide bonds. The highest BCUT2D eigenvalue weighted by Crippen LogP contribution is 2.30. The van der Waals surface area contributed by atoms with Crippen molar-refractivity contribution in [3.63, 3.8) is 0 Å². The van der Waals surface area contributed by atoms with E-state index in [9.17, 15) is 14.4 Å². The molecule has 1 atom stereocenters. The van der Waals surface area contributed by atoms with Crippen LogP contribution in [0.15, 0.2) is 11.1 Å². The van der Waals surface area contributed by atoms with Crippen LogP contribution >= 0.6 is 11.8 Å².